The number of ether oxygens (including phenoxy) is 1. The number of nitrogens with zero attached hydrogens (tertiary/aromatic N) is 1. The van der Waals surface area contributed by atoms with Gasteiger partial charge in [-0.2, -0.15) is 5.10 Å². The highest BCUT2D eigenvalue weighted by molar-refractivity contribution is 5.82. The smallest absolute Gasteiger partial charge is 0.240 e. The Bertz CT molecular complexity index is 646. The molecule has 0 bridgehead atoms. The van der Waals surface area contributed by atoms with E-state index in [4.69, 9.17) is 4.74 Å². The second-order valence-corrected chi connectivity index (χ2v) is 5.41. The summed E-state index contributed by atoms with van der Waals surface area (Å²) in [5.74, 6) is 0.777. The van der Waals surface area contributed by atoms with Gasteiger partial charge in [0.2, 0.25) is 5.91 Å². The van der Waals surface area contributed by atoms with Crippen molar-refractivity contribution in [1.82, 2.24) is 5.43 Å². The molecule has 0 aliphatic heterocycles. The molecule has 4 nitrogen and oxygen atoms in total. The molecule has 0 heterocycles. The van der Waals surface area contributed by atoms with Crippen LogP contribution in [0, 0.1) is 6.92 Å². The Hall–Kier alpha value is -2.62. The van der Waals surface area contributed by atoms with Crippen LogP contribution in [-0.2, 0) is 11.2 Å². The molecule has 2 aromatic carbocycles. The first-order chi connectivity index (χ1) is 11.2. The molecule has 0 aromatic heterocycles. The van der Waals surface area contributed by atoms with Crippen molar-refractivity contribution in [2.24, 2.45) is 5.10 Å². The summed E-state index contributed by atoms with van der Waals surface area (Å²) in [6, 6.07) is 15.9. The van der Waals surface area contributed by atoms with Crippen LogP contribution in [0.3, 0.4) is 0 Å². The summed E-state index contributed by atoms with van der Waals surface area (Å²) in [7, 11) is 1.65. The average molecular weight is 310 g/mol. The second kappa shape index (κ2) is 8.73. The largest absolute Gasteiger partial charge is 0.497 e. The minimum atomic E-state index is -0.0677. The maximum atomic E-state index is 11.7. The standard InChI is InChI=1S/C19H22N2O2/c1-15-6-8-17(9-7-15)14-20-21-19(22)5-3-4-16-10-12-18(23-2)13-11-16/h6-14H,3-5H2,1-2H3,(H,21,22). The van der Waals surface area contributed by atoms with E-state index in [1.807, 2.05) is 55.5 Å². The highest BCUT2D eigenvalue weighted by Crippen LogP contribution is 2.13. The molecule has 120 valence electrons. The molecule has 0 aliphatic carbocycles. The van der Waals surface area contributed by atoms with Crippen LogP contribution in [0.1, 0.15) is 29.5 Å². The van der Waals surface area contributed by atoms with Gasteiger partial charge >= 0.3 is 0 Å². The van der Waals surface area contributed by atoms with E-state index in [9.17, 15) is 4.79 Å². The number of nitrogens with one attached hydrogen (secondary N) is 1. The van der Waals surface area contributed by atoms with Gasteiger partial charge < -0.3 is 4.74 Å². The lowest BCUT2D eigenvalue weighted by Crippen LogP contribution is -2.17. The number of hydrogen-bond donors (Lipinski definition) is 1. The molecule has 0 atom stereocenters. The zero-order chi connectivity index (χ0) is 16.5. The lowest BCUT2D eigenvalue weighted by molar-refractivity contribution is -0.121. The summed E-state index contributed by atoms with van der Waals surface area (Å²) < 4.78 is 5.12. The van der Waals surface area contributed by atoms with E-state index in [1.165, 1.54) is 11.1 Å². The van der Waals surface area contributed by atoms with Crippen LogP contribution >= 0.6 is 0 Å². The van der Waals surface area contributed by atoms with Crippen LogP contribution in [0.2, 0.25) is 0 Å². The van der Waals surface area contributed by atoms with E-state index in [0.29, 0.717) is 6.42 Å². The normalized spacial score (nSPS) is 10.7. The van der Waals surface area contributed by atoms with Crippen LogP contribution in [0.15, 0.2) is 53.6 Å². The van der Waals surface area contributed by atoms with Crippen LogP contribution < -0.4 is 10.2 Å². The maximum absolute atomic E-state index is 11.7. The fraction of sp³-hybridized carbons (Fsp3) is 0.263. The predicted octanol–water partition coefficient (Wildman–Crippen LogP) is 3.48. The molecule has 2 aromatic rings. The van der Waals surface area contributed by atoms with Gasteiger partial charge in [-0.25, -0.2) is 5.43 Å². The lowest BCUT2D eigenvalue weighted by Gasteiger charge is -2.03. The zero-order valence-electron chi connectivity index (χ0n) is 13.6. The molecule has 0 saturated carbocycles. The molecule has 0 fully saturated rings. The molecule has 4 heteroatoms. The van der Waals surface area contributed by atoms with Gasteiger partial charge in [0.15, 0.2) is 0 Å². The summed E-state index contributed by atoms with van der Waals surface area (Å²) in [5, 5.41) is 3.98. The fourth-order valence-corrected chi connectivity index (χ4v) is 2.13. The number of rotatable bonds is 7. The monoisotopic (exact) mass is 310 g/mol. The van der Waals surface area contributed by atoms with Crippen molar-refractivity contribution in [3.63, 3.8) is 0 Å². The van der Waals surface area contributed by atoms with Gasteiger partial charge in [0, 0.05) is 6.42 Å². The number of carbonyl (C=O) groups excluding carboxylic acids is 1. The minimum Gasteiger partial charge on any atom is -0.497 e. The first-order valence-corrected chi connectivity index (χ1v) is 7.69. The van der Waals surface area contributed by atoms with Crippen molar-refractivity contribution in [2.75, 3.05) is 7.11 Å². The van der Waals surface area contributed by atoms with Crippen molar-refractivity contribution < 1.29 is 9.53 Å². The van der Waals surface area contributed by atoms with Crippen molar-refractivity contribution in [3.8, 4) is 5.75 Å². The van der Waals surface area contributed by atoms with Crippen molar-refractivity contribution >= 4 is 12.1 Å². The Morgan fingerprint density at radius 3 is 2.48 bits per heavy atom. The fourth-order valence-electron chi connectivity index (χ4n) is 2.13. The maximum Gasteiger partial charge on any atom is 0.240 e. The quantitative estimate of drug-likeness (QED) is 0.629. The van der Waals surface area contributed by atoms with Crippen LogP contribution in [-0.4, -0.2) is 19.2 Å². The van der Waals surface area contributed by atoms with Gasteiger partial charge in [0.25, 0.3) is 0 Å². The summed E-state index contributed by atoms with van der Waals surface area (Å²) in [6.07, 6.45) is 3.76. The first kappa shape index (κ1) is 16.7. The van der Waals surface area contributed by atoms with E-state index in [1.54, 1.807) is 13.3 Å². The second-order valence-electron chi connectivity index (χ2n) is 5.41. The summed E-state index contributed by atoms with van der Waals surface area (Å²) in [4.78, 5) is 11.7. The van der Waals surface area contributed by atoms with Gasteiger partial charge in [-0.1, -0.05) is 42.0 Å². The van der Waals surface area contributed by atoms with Gasteiger partial charge in [-0.3, -0.25) is 4.79 Å². The zero-order valence-corrected chi connectivity index (χ0v) is 13.6. The number of aryl methyl sites for hydroxylation is 2. The molecule has 0 spiro atoms. The molecule has 0 unspecified atom stereocenters. The van der Waals surface area contributed by atoms with Gasteiger partial charge in [-0.05, 0) is 43.0 Å². The Morgan fingerprint density at radius 2 is 1.83 bits per heavy atom. The topological polar surface area (TPSA) is 50.7 Å². The summed E-state index contributed by atoms with van der Waals surface area (Å²) in [6.45, 7) is 2.03. The Kier molecular flexibility index (Phi) is 6.36. The predicted molar refractivity (Wildman–Crippen MR) is 92.8 cm³/mol. The highest BCUT2D eigenvalue weighted by Gasteiger charge is 2.01. The van der Waals surface area contributed by atoms with E-state index in [0.717, 1.165) is 24.2 Å². The number of methoxy groups -OCH3 is 1. The molecule has 2 rings (SSSR count). The number of carbonyl (C=O) groups is 1. The molecule has 0 radical (unpaired) electrons. The van der Waals surface area contributed by atoms with Gasteiger partial charge in [0.05, 0.1) is 13.3 Å². The molecule has 1 N–H and O–H groups in total. The third-order valence-corrected chi connectivity index (χ3v) is 3.51. The molecule has 0 aliphatic rings. The number of benzene rings is 2. The van der Waals surface area contributed by atoms with Crippen LogP contribution in [0.4, 0.5) is 0 Å². The average Bonchev–Trinajstić information content (AvgIpc) is 2.57. The van der Waals surface area contributed by atoms with Crippen molar-refractivity contribution in [2.45, 2.75) is 26.2 Å². The van der Waals surface area contributed by atoms with E-state index in [-0.39, 0.29) is 5.91 Å². The van der Waals surface area contributed by atoms with Crippen LogP contribution in [0.5, 0.6) is 5.75 Å². The van der Waals surface area contributed by atoms with Crippen molar-refractivity contribution in [3.05, 3.63) is 65.2 Å². The van der Waals surface area contributed by atoms with E-state index < -0.39 is 0 Å². The third kappa shape index (κ3) is 5.94. The summed E-state index contributed by atoms with van der Waals surface area (Å²) >= 11 is 0. The van der Waals surface area contributed by atoms with E-state index >= 15 is 0 Å². The van der Waals surface area contributed by atoms with Gasteiger partial charge in [-0.15, -0.1) is 0 Å². The molecule has 23 heavy (non-hydrogen) atoms. The first-order valence-electron chi connectivity index (χ1n) is 7.69. The number of hydrazone groups is 1. The van der Waals surface area contributed by atoms with Gasteiger partial charge in [0.1, 0.15) is 5.75 Å². The van der Waals surface area contributed by atoms with E-state index in [2.05, 4.69) is 10.5 Å². The molecule has 1 amide bonds. The highest BCUT2D eigenvalue weighted by atomic mass is 16.5. The Morgan fingerprint density at radius 1 is 1.13 bits per heavy atom. The molecule has 0 saturated heterocycles. The van der Waals surface area contributed by atoms with Crippen molar-refractivity contribution in [1.29, 1.82) is 0 Å². The Balaban J connectivity index is 1.69. The van der Waals surface area contributed by atoms with Crippen LogP contribution in [0.25, 0.3) is 0 Å². The lowest BCUT2D eigenvalue weighted by atomic mass is 10.1. The number of hydrogen-bond acceptors (Lipinski definition) is 3. The Labute approximate surface area is 137 Å². The summed E-state index contributed by atoms with van der Waals surface area (Å²) in [5.41, 5.74) is 5.92. The third-order valence-electron chi connectivity index (χ3n) is 3.51. The number of amides is 1. The molecular weight excluding hydrogens is 288 g/mol. The molecular formula is C19H22N2O2. The SMILES string of the molecule is COc1ccc(CCCC(=O)NN=Cc2ccc(C)cc2)cc1. The minimum absolute atomic E-state index is 0.0677.